The molecule has 0 spiro atoms. The van der Waals surface area contributed by atoms with Crippen LogP contribution in [0.2, 0.25) is 0 Å². The number of nitrogens with zero attached hydrogens (tertiary/aromatic N) is 1. The molecular formula is C14H17BrN2O4. The fraction of sp³-hybridized carbons (Fsp3) is 0.357. The van der Waals surface area contributed by atoms with E-state index in [0.29, 0.717) is 5.56 Å². The number of likely N-dealkylation sites (N-methyl/N-ethyl adjacent to an activating group) is 1. The molecule has 2 amide bonds. The van der Waals surface area contributed by atoms with Crippen LogP contribution in [0.15, 0.2) is 28.7 Å². The van der Waals surface area contributed by atoms with Crippen molar-refractivity contribution in [2.45, 2.75) is 19.4 Å². The molecule has 0 aliphatic rings. The molecule has 0 aromatic heterocycles. The Morgan fingerprint density at radius 3 is 2.57 bits per heavy atom. The van der Waals surface area contributed by atoms with E-state index in [2.05, 4.69) is 21.2 Å². The number of carbonyl (C=O) groups is 3. The lowest BCUT2D eigenvalue weighted by Crippen LogP contribution is -2.39. The minimum absolute atomic E-state index is 0.112. The van der Waals surface area contributed by atoms with Gasteiger partial charge in [-0.3, -0.25) is 14.4 Å². The zero-order chi connectivity index (χ0) is 16.0. The van der Waals surface area contributed by atoms with Crippen LogP contribution in [0.4, 0.5) is 0 Å². The summed E-state index contributed by atoms with van der Waals surface area (Å²) in [6.45, 7) is 1.25. The minimum atomic E-state index is -1.01. The van der Waals surface area contributed by atoms with Crippen molar-refractivity contribution in [3.63, 3.8) is 0 Å². The zero-order valence-electron chi connectivity index (χ0n) is 11.8. The summed E-state index contributed by atoms with van der Waals surface area (Å²) in [7, 11) is 1.51. The van der Waals surface area contributed by atoms with Crippen LogP contribution in [0, 0.1) is 0 Å². The Morgan fingerprint density at radius 2 is 2.05 bits per heavy atom. The summed E-state index contributed by atoms with van der Waals surface area (Å²) in [5, 5.41) is 11.6. The minimum Gasteiger partial charge on any atom is -0.481 e. The zero-order valence-corrected chi connectivity index (χ0v) is 13.4. The van der Waals surface area contributed by atoms with Gasteiger partial charge in [-0.25, -0.2) is 0 Å². The summed E-state index contributed by atoms with van der Waals surface area (Å²) in [6.07, 6.45) is -0.230. The van der Waals surface area contributed by atoms with Crippen LogP contribution in [0.1, 0.15) is 24.9 Å². The Bertz CT molecular complexity index is 548. The molecule has 0 saturated heterocycles. The second kappa shape index (κ2) is 7.78. The highest BCUT2D eigenvalue weighted by Crippen LogP contribution is 2.21. The monoisotopic (exact) mass is 356 g/mol. The third kappa shape index (κ3) is 5.95. The molecule has 0 fully saturated rings. The van der Waals surface area contributed by atoms with Gasteiger partial charge in [0.15, 0.2) is 0 Å². The molecule has 0 radical (unpaired) electrons. The summed E-state index contributed by atoms with van der Waals surface area (Å²) in [5.41, 5.74) is 0.686. The molecule has 6 nitrogen and oxygen atoms in total. The first kappa shape index (κ1) is 17.2. The van der Waals surface area contributed by atoms with E-state index in [9.17, 15) is 14.4 Å². The number of carboxylic acid groups (broad SMARTS) is 1. The number of carboxylic acids is 1. The summed E-state index contributed by atoms with van der Waals surface area (Å²) >= 11 is 3.31. The van der Waals surface area contributed by atoms with E-state index in [1.807, 2.05) is 6.07 Å². The molecule has 0 aliphatic carbocycles. The van der Waals surface area contributed by atoms with Crippen LogP contribution >= 0.6 is 15.9 Å². The molecule has 1 rings (SSSR count). The van der Waals surface area contributed by atoms with Gasteiger partial charge in [0.1, 0.15) is 0 Å². The van der Waals surface area contributed by atoms with E-state index >= 15 is 0 Å². The van der Waals surface area contributed by atoms with Crippen LogP contribution in [-0.4, -0.2) is 41.4 Å². The van der Waals surface area contributed by atoms with Crippen LogP contribution in [0.25, 0.3) is 0 Å². The van der Waals surface area contributed by atoms with Gasteiger partial charge in [-0.05, 0) is 17.7 Å². The summed E-state index contributed by atoms with van der Waals surface area (Å²) in [6, 6.07) is 6.43. The van der Waals surface area contributed by atoms with Gasteiger partial charge in [-0.2, -0.15) is 0 Å². The number of carbonyl (C=O) groups excluding carboxylic acids is 2. The number of amides is 2. The molecule has 1 aromatic carbocycles. The molecule has 7 heteroatoms. The molecule has 114 valence electrons. The predicted octanol–water partition coefficient (Wildman–Crippen LogP) is 1.56. The molecular weight excluding hydrogens is 340 g/mol. The molecule has 0 aliphatic heterocycles. The highest BCUT2D eigenvalue weighted by Gasteiger charge is 2.19. The topological polar surface area (TPSA) is 86.7 Å². The largest absolute Gasteiger partial charge is 0.481 e. The third-order valence-electron chi connectivity index (χ3n) is 2.88. The fourth-order valence-corrected chi connectivity index (χ4v) is 2.13. The molecule has 0 saturated carbocycles. The highest BCUT2D eigenvalue weighted by molar-refractivity contribution is 9.10. The number of hydrogen-bond donors (Lipinski definition) is 2. The Morgan fingerprint density at radius 1 is 1.38 bits per heavy atom. The van der Waals surface area contributed by atoms with Crippen molar-refractivity contribution in [1.29, 1.82) is 0 Å². The van der Waals surface area contributed by atoms with Gasteiger partial charge in [-0.1, -0.05) is 28.1 Å². The molecule has 1 unspecified atom stereocenters. The van der Waals surface area contributed by atoms with Crippen molar-refractivity contribution < 1.29 is 19.5 Å². The van der Waals surface area contributed by atoms with Crippen LogP contribution in [0.3, 0.4) is 0 Å². The van der Waals surface area contributed by atoms with E-state index in [-0.39, 0.29) is 18.9 Å². The first-order valence-electron chi connectivity index (χ1n) is 6.28. The average molecular weight is 357 g/mol. The molecule has 2 N–H and O–H groups in total. The van der Waals surface area contributed by atoms with Crippen molar-refractivity contribution >= 4 is 33.7 Å². The van der Waals surface area contributed by atoms with Gasteiger partial charge >= 0.3 is 5.97 Å². The molecule has 0 bridgehead atoms. The first-order valence-corrected chi connectivity index (χ1v) is 7.07. The van der Waals surface area contributed by atoms with Gasteiger partial charge in [0.05, 0.1) is 19.0 Å². The number of hydrogen-bond acceptors (Lipinski definition) is 3. The van der Waals surface area contributed by atoms with Crippen molar-refractivity contribution in [3.05, 3.63) is 34.3 Å². The quantitative estimate of drug-likeness (QED) is 0.809. The second-order valence-electron chi connectivity index (χ2n) is 4.65. The Hall–Kier alpha value is -1.89. The summed E-state index contributed by atoms with van der Waals surface area (Å²) < 4.78 is 0.797. The van der Waals surface area contributed by atoms with Gasteiger partial charge < -0.3 is 15.3 Å². The molecule has 1 atom stereocenters. The normalized spacial score (nSPS) is 11.6. The Balaban J connectivity index is 2.81. The van der Waals surface area contributed by atoms with Crippen molar-refractivity contribution in [2.24, 2.45) is 0 Å². The SMILES string of the molecule is CC(=O)N(C)CC(=O)NC(CC(=O)O)c1cccc(Br)c1. The lowest BCUT2D eigenvalue weighted by Gasteiger charge is -2.20. The van der Waals surface area contributed by atoms with E-state index in [4.69, 9.17) is 5.11 Å². The summed E-state index contributed by atoms with van der Waals surface area (Å²) in [5.74, 6) is -1.65. The van der Waals surface area contributed by atoms with Crippen molar-refractivity contribution in [2.75, 3.05) is 13.6 Å². The van der Waals surface area contributed by atoms with Crippen LogP contribution < -0.4 is 5.32 Å². The summed E-state index contributed by atoms with van der Waals surface area (Å²) in [4.78, 5) is 35.2. The predicted molar refractivity (Wildman–Crippen MR) is 80.6 cm³/mol. The van der Waals surface area contributed by atoms with Gasteiger partial charge in [0.25, 0.3) is 0 Å². The van der Waals surface area contributed by atoms with E-state index < -0.39 is 17.9 Å². The maximum absolute atomic E-state index is 11.9. The number of rotatable bonds is 6. The van der Waals surface area contributed by atoms with E-state index in [0.717, 1.165) is 4.47 Å². The first-order chi connectivity index (χ1) is 9.79. The van der Waals surface area contributed by atoms with Gasteiger partial charge in [0.2, 0.25) is 11.8 Å². The Kier molecular flexibility index (Phi) is 6.36. The molecule has 1 aromatic rings. The standard InChI is InChI=1S/C14H17BrN2O4/c1-9(18)17(2)8-13(19)16-12(7-14(20)21)10-4-3-5-11(15)6-10/h3-6,12H,7-8H2,1-2H3,(H,16,19)(H,20,21). The smallest absolute Gasteiger partial charge is 0.305 e. The van der Waals surface area contributed by atoms with Crippen molar-refractivity contribution in [3.8, 4) is 0 Å². The molecule has 21 heavy (non-hydrogen) atoms. The van der Waals surface area contributed by atoms with Gasteiger partial charge in [0, 0.05) is 18.4 Å². The average Bonchev–Trinajstić information content (AvgIpc) is 2.37. The Labute approximate surface area is 131 Å². The second-order valence-corrected chi connectivity index (χ2v) is 5.56. The molecule has 0 heterocycles. The van der Waals surface area contributed by atoms with Crippen LogP contribution in [-0.2, 0) is 14.4 Å². The van der Waals surface area contributed by atoms with Crippen molar-refractivity contribution in [1.82, 2.24) is 10.2 Å². The van der Waals surface area contributed by atoms with Gasteiger partial charge in [-0.15, -0.1) is 0 Å². The third-order valence-corrected chi connectivity index (χ3v) is 3.38. The lowest BCUT2D eigenvalue weighted by molar-refractivity contribution is -0.138. The number of benzene rings is 1. The van der Waals surface area contributed by atoms with Crippen LogP contribution in [0.5, 0.6) is 0 Å². The van der Waals surface area contributed by atoms with E-state index in [1.54, 1.807) is 18.2 Å². The maximum atomic E-state index is 11.9. The fourth-order valence-electron chi connectivity index (χ4n) is 1.72. The highest BCUT2D eigenvalue weighted by atomic mass is 79.9. The number of aliphatic carboxylic acids is 1. The number of nitrogens with one attached hydrogen (secondary N) is 1. The maximum Gasteiger partial charge on any atom is 0.305 e. The van der Waals surface area contributed by atoms with E-state index in [1.165, 1.54) is 18.9 Å². The lowest BCUT2D eigenvalue weighted by atomic mass is 10.0. The number of halogens is 1.